The SMILES string of the molecule is CCCC1NC2(CC2)C(=O)N1C1CCN(CCC)CC1. The van der Waals surface area contributed by atoms with E-state index in [-0.39, 0.29) is 5.54 Å². The standard InChI is InChI=1S/C16H29N3O/c1-3-5-14-17-16(8-9-16)15(20)19(14)13-6-11-18(10-4-2)12-7-13/h13-14,17H,3-12H2,1-2H3. The molecule has 2 saturated heterocycles. The van der Waals surface area contributed by atoms with Crippen molar-refractivity contribution in [3.8, 4) is 0 Å². The van der Waals surface area contributed by atoms with Crippen LogP contribution in [0, 0.1) is 0 Å². The van der Waals surface area contributed by atoms with E-state index in [2.05, 4.69) is 29.0 Å². The lowest BCUT2D eigenvalue weighted by atomic mass is 10.0. The number of nitrogens with zero attached hydrogens (tertiary/aromatic N) is 2. The fourth-order valence-corrected chi connectivity index (χ4v) is 3.96. The predicted molar refractivity (Wildman–Crippen MR) is 80.4 cm³/mol. The van der Waals surface area contributed by atoms with Crippen molar-refractivity contribution in [1.82, 2.24) is 15.1 Å². The van der Waals surface area contributed by atoms with Gasteiger partial charge < -0.3 is 9.80 Å². The van der Waals surface area contributed by atoms with Crippen molar-refractivity contribution < 1.29 is 4.79 Å². The molecular weight excluding hydrogens is 250 g/mol. The highest BCUT2D eigenvalue weighted by molar-refractivity contribution is 5.92. The maximum absolute atomic E-state index is 12.7. The molecule has 0 aromatic carbocycles. The molecule has 2 heterocycles. The van der Waals surface area contributed by atoms with Crippen LogP contribution in [0.1, 0.15) is 58.8 Å². The summed E-state index contributed by atoms with van der Waals surface area (Å²) in [4.78, 5) is 17.5. The van der Waals surface area contributed by atoms with Gasteiger partial charge in [0.1, 0.15) is 0 Å². The van der Waals surface area contributed by atoms with Gasteiger partial charge in [-0.1, -0.05) is 20.3 Å². The van der Waals surface area contributed by atoms with Gasteiger partial charge in [0.25, 0.3) is 0 Å². The summed E-state index contributed by atoms with van der Waals surface area (Å²) in [6.07, 6.45) is 8.20. The molecule has 3 aliphatic rings. The van der Waals surface area contributed by atoms with Gasteiger partial charge in [0.15, 0.2) is 0 Å². The number of carbonyl (C=O) groups excluding carboxylic acids is 1. The quantitative estimate of drug-likeness (QED) is 0.835. The molecule has 1 aliphatic carbocycles. The Morgan fingerprint density at radius 1 is 1.20 bits per heavy atom. The molecule has 4 nitrogen and oxygen atoms in total. The predicted octanol–water partition coefficient (Wildman–Crippen LogP) is 1.95. The Bertz CT molecular complexity index is 359. The third-order valence-electron chi connectivity index (χ3n) is 5.23. The first-order chi connectivity index (χ1) is 9.70. The molecule has 1 amide bonds. The van der Waals surface area contributed by atoms with Gasteiger partial charge in [0.2, 0.25) is 5.91 Å². The molecule has 4 heteroatoms. The Morgan fingerprint density at radius 2 is 1.90 bits per heavy atom. The first-order valence-electron chi connectivity index (χ1n) is 8.53. The highest BCUT2D eigenvalue weighted by Gasteiger charge is 2.59. The molecule has 1 N–H and O–H groups in total. The lowest BCUT2D eigenvalue weighted by Gasteiger charge is -2.39. The highest BCUT2D eigenvalue weighted by Crippen LogP contribution is 2.44. The largest absolute Gasteiger partial charge is 0.322 e. The summed E-state index contributed by atoms with van der Waals surface area (Å²) in [5.74, 6) is 0.407. The number of amides is 1. The summed E-state index contributed by atoms with van der Waals surface area (Å²) in [6.45, 7) is 7.99. The molecule has 0 bridgehead atoms. The van der Waals surface area contributed by atoms with Crippen LogP contribution in [0.15, 0.2) is 0 Å². The Morgan fingerprint density at radius 3 is 2.45 bits per heavy atom. The smallest absolute Gasteiger partial charge is 0.244 e. The summed E-state index contributed by atoms with van der Waals surface area (Å²) in [7, 11) is 0. The van der Waals surface area contributed by atoms with E-state index in [1.165, 1.54) is 13.0 Å². The number of hydrogen-bond acceptors (Lipinski definition) is 3. The zero-order valence-corrected chi connectivity index (χ0v) is 13.0. The molecule has 1 unspecified atom stereocenters. The lowest BCUT2D eigenvalue weighted by Crippen LogP contribution is -2.50. The second-order valence-electron chi connectivity index (χ2n) is 6.82. The molecule has 1 saturated carbocycles. The summed E-state index contributed by atoms with van der Waals surface area (Å²) < 4.78 is 0. The van der Waals surface area contributed by atoms with Gasteiger partial charge >= 0.3 is 0 Å². The summed E-state index contributed by atoms with van der Waals surface area (Å²) >= 11 is 0. The number of piperidine rings is 1. The van der Waals surface area contributed by atoms with Crippen LogP contribution in [-0.4, -0.2) is 53.1 Å². The van der Waals surface area contributed by atoms with E-state index in [1.807, 2.05) is 0 Å². The minimum Gasteiger partial charge on any atom is -0.322 e. The number of likely N-dealkylation sites (tertiary alicyclic amines) is 1. The lowest BCUT2D eigenvalue weighted by molar-refractivity contribution is -0.134. The molecular formula is C16H29N3O. The Labute approximate surface area is 122 Å². The van der Waals surface area contributed by atoms with Crippen LogP contribution in [0.5, 0.6) is 0 Å². The Balaban J connectivity index is 1.64. The fourth-order valence-electron chi connectivity index (χ4n) is 3.96. The highest BCUT2D eigenvalue weighted by atomic mass is 16.2. The van der Waals surface area contributed by atoms with Crippen LogP contribution in [0.2, 0.25) is 0 Å². The van der Waals surface area contributed by atoms with Gasteiger partial charge in [-0.3, -0.25) is 10.1 Å². The molecule has 3 rings (SSSR count). The van der Waals surface area contributed by atoms with Crippen molar-refractivity contribution in [2.24, 2.45) is 0 Å². The van der Waals surface area contributed by atoms with Crippen LogP contribution in [-0.2, 0) is 4.79 Å². The summed E-state index contributed by atoms with van der Waals surface area (Å²) in [6, 6.07) is 0.472. The Hall–Kier alpha value is -0.610. The second-order valence-corrected chi connectivity index (χ2v) is 6.82. The van der Waals surface area contributed by atoms with Crippen molar-refractivity contribution >= 4 is 5.91 Å². The van der Waals surface area contributed by atoms with Gasteiger partial charge in [0, 0.05) is 19.1 Å². The van der Waals surface area contributed by atoms with E-state index in [1.54, 1.807) is 0 Å². The average molecular weight is 279 g/mol. The normalized spacial score (nSPS) is 30.4. The van der Waals surface area contributed by atoms with E-state index in [0.717, 1.165) is 51.6 Å². The molecule has 3 fully saturated rings. The molecule has 114 valence electrons. The molecule has 0 aromatic heterocycles. The maximum atomic E-state index is 12.7. The van der Waals surface area contributed by atoms with Crippen LogP contribution in [0.25, 0.3) is 0 Å². The van der Waals surface area contributed by atoms with Gasteiger partial charge in [0.05, 0.1) is 11.7 Å². The topological polar surface area (TPSA) is 35.6 Å². The molecule has 0 aromatic rings. The van der Waals surface area contributed by atoms with Crippen LogP contribution in [0.4, 0.5) is 0 Å². The number of nitrogens with one attached hydrogen (secondary N) is 1. The molecule has 20 heavy (non-hydrogen) atoms. The number of carbonyl (C=O) groups is 1. The monoisotopic (exact) mass is 279 g/mol. The first kappa shape index (κ1) is 14.3. The zero-order chi connectivity index (χ0) is 14.2. The van der Waals surface area contributed by atoms with Crippen molar-refractivity contribution in [3.63, 3.8) is 0 Å². The third kappa shape index (κ3) is 2.48. The third-order valence-corrected chi connectivity index (χ3v) is 5.23. The van der Waals surface area contributed by atoms with Gasteiger partial charge in [-0.15, -0.1) is 0 Å². The van der Waals surface area contributed by atoms with E-state index in [4.69, 9.17) is 0 Å². The van der Waals surface area contributed by atoms with Crippen LogP contribution < -0.4 is 5.32 Å². The average Bonchev–Trinajstić information content (AvgIpc) is 3.17. The fraction of sp³-hybridized carbons (Fsp3) is 0.938. The van der Waals surface area contributed by atoms with E-state index in [0.29, 0.717) is 18.1 Å². The molecule has 1 spiro atoms. The van der Waals surface area contributed by atoms with Gasteiger partial charge in [-0.2, -0.15) is 0 Å². The summed E-state index contributed by atoms with van der Waals surface area (Å²) in [5.41, 5.74) is -0.139. The number of rotatable bonds is 5. The number of hydrogen-bond donors (Lipinski definition) is 1. The van der Waals surface area contributed by atoms with Crippen molar-refractivity contribution in [3.05, 3.63) is 0 Å². The van der Waals surface area contributed by atoms with Gasteiger partial charge in [-0.05, 0) is 45.1 Å². The van der Waals surface area contributed by atoms with Crippen molar-refractivity contribution in [2.45, 2.75) is 76.5 Å². The Kier molecular flexibility index (Phi) is 4.04. The summed E-state index contributed by atoms with van der Waals surface area (Å²) in [5, 5.41) is 3.64. The van der Waals surface area contributed by atoms with Crippen LogP contribution >= 0.6 is 0 Å². The van der Waals surface area contributed by atoms with E-state index < -0.39 is 0 Å². The maximum Gasteiger partial charge on any atom is 0.244 e. The minimum atomic E-state index is -0.139. The van der Waals surface area contributed by atoms with Crippen molar-refractivity contribution in [2.75, 3.05) is 19.6 Å². The molecule has 1 atom stereocenters. The van der Waals surface area contributed by atoms with E-state index >= 15 is 0 Å². The first-order valence-corrected chi connectivity index (χ1v) is 8.53. The van der Waals surface area contributed by atoms with Crippen molar-refractivity contribution in [1.29, 1.82) is 0 Å². The molecule has 2 aliphatic heterocycles. The van der Waals surface area contributed by atoms with Gasteiger partial charge in [-0.25, -0.2) is 0 Å². The second kappa shape index (κ2) is 5.64. The molecule has 0 radical (unpaired) electrons. The van der Waals surface area contributed by atoms with E-state index in [9.17, 15) is 4.79 Å². The minimum absolute atomic E-state index is 0.139. The zero-order valence-electron chi connectivity index (χ0n) is 13.0. The van der Waals surface area contributed by atoms with Crippen LogP contribution in [0.3, 0.4) is 0 Å².